The van der Waals surface area contributed by atoms with E-state index in [-0.39, 0.29) is 5.69 Å². The normalized spacial score (nSPS) is 10.0. The number of anilines is 1. The van der Waals surface area contributed by atoms with E-state index in [0.717, 1.165) is 5.56 Å². The highest BCUT2D eigenvalue weighted by atomic mass is 16.4. The summed E-state index contributed by atoms with van der Waals surface area (Å²) in [7, 11) is 0. The second-order valence-electron chi connectivity index (χ2n) is 2.91. The van der Waals surface area contributed by atoms with Crippen LogP contribution >= 0.6 is 0 Å². The van der Waals surface area contributed by atoms with Crippen molar-refractivity contribution in [2.45, 2.75) is 0 Å². The molecule has 2 N–H and O–H groups in total. The summed E-state index contributed by atoms with van der Waals surface area (Å²) in [4.78, 5) is 11.1. The molecule has 0 bridgehead atoms. The van der Waals surface area contributed by atoms with Gasteiger partial charge in [0.1, 0.15) is 11.4 Å². The van der Waals surface area contributed by atoms with E-state index in [9.17, 15) is 4.79 Å². The van der Waals surface area contributed by atoms with Gasteiger partial charge in [0.15, 0.2) is 0 Å². The number of benzene rings is 1. The van der Waals surface area contributed by atoms with Crippen LogP contribution in [0.3, 0.4) is 0 Å². The minimum Gasteiger partial charge on any atom is -0.421 e. The second-order valence-corrected chi connectivity index (χ2v) is 2.91. The van der Waals surface area contributed by atoms with Crippen LogP contribution in [0.25, 0.3) is 11.3 Å². The largest absolute Gasteiger partial charge is 0.421 e. The van der Waals surface area contributed by atoms with Gasteiger partial charge in [-0.3, -0.25) is 0 Å². The molecule has 0 spiro atoms. The lowest BCUT2D eigenvalue weighted by molar-refractivity contribution is 0.529. The first-order chi connectivity index (χ1) is 6.77. The smallest absolute Gasteiger partial charge is 0.359 e. The van der Waals surface area contributed by atoms with Crippen LogP contribution in [0.1, 0.15) is 0 Å². The first-order valence-electron chi connectivity index (χ1n) is 4.22. The van der Waals surface area contributed by atoms with Gasteiger partial charge in [-0.1, -0.05) is 30.3 Å². The van der Waals surface area contributed by atoms with Crippen LogP contribution in [-0.2, 0) is 0 Å². The van der Waals surface area contributed by atoms with Gasteiger partial charge in [-0.25, -0.2) is 4.79 Å². The molecule has 0 aliphatic rings. The number of nitrogen functional groups attached to an aromatic ring is 1. The molecule has 0 amide bonds. The zero-order valence-corrected chi connectivity index (χ0v) is 7.44. The van der Waals surface area contributed by atoms with E-state index >= 15 is 0 Å². The van der Waals surface area contributed by atoms with Crippen LogP contribution in [0.5, 0.6) is 0 Å². The van der Waals surface area contributed by atoms with E-state index in [1.807, 2.05) is 30.3 Å². The van der Waals surface area contributed by atoms with Gasteiger partial charge in [0.2, 0.25) is 0 Å². The van der Waals surface area contributed by atoms with Crippen LogP contribution in [0.4, 0.5) is 5.69 Å². The van der Waals surface area contributed by atoms with Crippen LogP contribution in [0.2, 0.25) is 0 Å². The van der Waals surface area contributed by atoms with E-state index in [4.69, 9.17) is 10.2 Å². The zero-order chi connectivity index (χ0) is 9.97. The molecule has 70 valence electrons. The fourth-order valence-electron chi connectivity index (χ4n) is 1.18. The molecule has 0 radical (unpaired) electrons. The monoisotopic (exact) mass is 187 g/mol. The Hall–Kier alpha value is -2.03. The van der Waals surface area contributed by atoms with Crippen molar-refractivity contribution in [2.24, 2.45) is 0 Å². The summed E-state index contributed by atoms with van der Waals surface area (Å²) in [5.41, 5.74) is 5.86. The summed E-state index contributed by atoms with van der Waals surface area (Å²) in [6.07, 6.45) is 0. The van der Waals surface area contributed by atoms with Gasteiger partial charge in [-0.15, -0.1) is 0 Å². The van der Waals surface area contributed by atoms with Gasteiger partial charge in [0.05, 0.1) is 0 Å². The van der Waals surface area contributed by atoms with Crippen molar-refractivity contribution in [3.63, 3.8) is 0 Å². The van der Waals surface area contributed by atoms with Crippen molar-refractivity contribution in [1.82, 2.24) is 0 Å². The van der Waals surface area contributed by atoms with Crippen LogP contribution in [0, 0.1) is 0 Å². The highest BCUT2D eigenvalue weighted by molar-refractivity contribution is 5.57. The van der Waals surface area contributed by atoms with E-state index in [2.05, 4.69) is 0 Å². The van der Waals surface area contributed by atoms with Gasteiger partial charge < -0.3 is 10.2 Å². The lowest BCUT2D eigenvalue weighted by Crippen LogP contribution is -2.05. The topological polar surface area (TPSA) is 56.2 Å². The number of nitrogens with two attached hydrogens (primary N) is 1. The number of hydrogen-bond donors (Lipinski definition) is 1. The van der Waals surface area contributed by atoms with Gasteiger partial charge >= 0.3 is 5.63 Å². The molecule has 0 aliphatic carbocycles. The fourth-order valence-corrected chi connectivity index (χ4v) is 1.18. The zero-order valence-electron chi connectivity index (χ0n) is 7.44. The molecule has 1 aromatic carbocycles. The summed E-state index contributed by atoms with van der Waals surface area (Å²) in [5.74, 6) is 0.532. The summed E-state index contributed by atoms with van der Waals surface area (Å²) in [6.45, 7) is 0. The Kier molecular flexibility index (Phi) is 2.07. The Morgan fingerprint density at radius 1 is 1.00 bits per heavy atom. The Morgan fingerprint density at radius 2 is 1.71 bits per heavy atom. The molecule has 3 nitrogen and oxygen atoms in total. The lowest BCUT2D eigenvalue weighted by Gasteiger charge is -1.99. The Morgan fingerprint density at radius 3 is 2.36 bits per heavy atom. The van der Waals surface area contributed by atoms with E-state index < -0.39 is 5.63 Å². The average molecular weight is 187 g/mol. The minimum atomic E-state index is -0.494. The predicted molar refractivity (Wildman–Crippen MR) is 54.8 cm³/mol. The molecule has 0 atom stereocenters. The third-order valence-electron chi connectivity index (χ3n) is 1.91. The molecule has 2 aromatic rings. The Bertz CT molecular complexity index is 488. The fraction of sp³-hybridized carbons (Fsp3) is 0. The molecular formula is C11H9NO2. The van der Waals surface area contributed by atoms with Crippen LogP contribution in [0.15, 0.2) is 51.7 Å². The van der Waals surface area contributed by atoms with Crippen LogP contribution in [-0.4, -0.2) is 0 Å². The standard InChI is InChI=1S/C11H9NO2/c12-9-6-7-10(14-11(9)13)8-4-2-1-3-5-8/h1-7H,12H2. The average Bonchev–Trinajstić information content (AvgIpc) is 2.23. The first-order valence-corrected chi connectivity index (χ1v) is 4.22. The van der Waals surface area contributed by atoms with Crippen LogP contribution < -0.4 is 11.4 Å². The van der Waals surface area contributed by atoms with Gasteiger partial charge in [-0.05, 0) is 12.1 Å². The third kappa shape index (κ3) is 1.52. The molecule has 14 heavy (non-hydrogen) atoms. The van der Waals surface area contributed by atoms with Gasteiger partial charge in [0.25, 0.3) is 0 Å². The number of hydrogen-bond acceptors (Lipinski definition) is 3. The lowest BCUT2D eigenvalue weighted by atomic mass is 10.1. The summed E-state index contributed by atoms with van der Waals surface area (Å²) < 4.78 is 5.01. The maximum absolute atomic E-state index is 11.1. The molecule has 1 aromatic heterocycles. The first kappa shape index (κ1) is 8.56. The quantitative estimate of drug-likeness (QED) is 0.741. The van der Waals surface area contributed by atoms with Crippen molar-refractivity contribution in [3.05, 3.63) is 52.9 Å². The third-order valence-corrected chi connectivity index (χ3v) is 1.91. The molecule has 0 fully saturated rings. The van der Waals surface area contributed by atoms with Crippen molar-refractivity contribution >= 4 is 5.69 Å². The molecule has 1 heterocycles. The maximum Gasteiger partial charge on any atom is 0.359 e. The van der Waals surface area contributed by atoms with E-state index in [1.165, 1.54) is 0 Å². The SMILES string of the molecule is Nc1ccc(-c2ccccc2)oc1=O. The van der Waals surface area contributed by atoms with E-state index in [1.54, 1.807) is 12.1 Å². The molecule has 0 aliphatic heterocycles. The molecule has 0 saturated carbocycles. The van der Waals surface area contributed by atoms with Crippen molar-refractivity contribution in [3.8, 4) is 11.3 Å². The molecule has 0 unspecified atom stereocenters. The second kappa shape index (κ2) is 3.38. The molecular weight excluding hydrogens is 178 g/mol. The Labute approximate surface area is 80.8 Å². The van der Waals surface area contributed by atoms with Crippen molar-refractivity contribution in [2.75, 3.05) is 5.73 Å². The summed E-state index contributed by atoms with van der Waals surface area (Å²) in [6, 6.07) is 12.6. The molecule has 2 rings (SSSR count). The summed E-state index contributed by atoms with van der Waals surface area (Å²) >= 11 is 0. The number of rotatable bonds is 1. The van der Waals surface area contributed by atoms with Gasteiger partial charge in [-0.2, -0.15) is 0 Å². The molecule has 3 heteroatoms. The highest BCUT2D eigenvalue weighted by Gasteiger charge is 2.01. The van der Waals surface area contributed by atoms with E-state index in [0.29, 0.717) is 5.76 Å². The van der Waals surface area contributed by atoms with Crippen molar-refractivity contribution < 1.29 is 4.42 Å². The Balaban J connectivity index is 2.54. The predicted octanol–water partition coefficient (Wildman–Crippen LogP) is 1.89. The molecule has 0 saturated heterocycles. The van der Waals surface area contributed by atoms with Crippen molar-refractivity contribution in [1.29, 1.82) is 0 Å². The van der Waals surface area contributed by atoms with Gasteiger partial charge in [0, 0.05) is 5.56 Å². The summed E-state index contributed by atoms with van der Waals surface area (Å²) in [5, 5.41) is 0. The minimum absolute atomic E-state index is 0.129. The highest BCUT2D eigenvalue weighted by Crippen LogP contribution is 2.17. The maximum atomic E-state index is 11.1.